The van der Waals surface area contributed by atoms with Crippen molar-refractivity contribution in [1.82, 2.24) is 26.2 Å². The van der Waals surface area contributed by atoms with Crippen LogP contribution in [0.4, 0.5) is 4.79 Å². The second-order valence-corrected chi connectivity index (χ2v) is 18.5. The first-order valence-electron chi connectivity index (χ1n) is 20.7. The number of rotatable bonds is 13. The van der Waals surface area contributed by atoms with Crippen molar-refractivity contribution in [2.75, 3.05) is 13.1 Å². The topological polar surface area (TPSA) is 163 Å². The molecule has 1 spiro atoms. The molecule has 5 atom stereocenters. The number of hydrogen-bond donors (Lipinski definition) is 4. The average molecular weight is 782 g/mol. The Hall–Kier alpha value is -3.67. The number of nitrogens with zero attached hydrogens (tertiary/aromatic N) is 1. The Balaban J connectivity index is 1.13. The minimum absolute atomic E-state index is 0.0469. The SMILES string of the molecule is CC(C)(C)C(=O)N1CCC2(CC1)CC(CC(NC(=O)[C@H](CC1CCCCC1)NC(=O)OC1CCCC1Cc1cccc(Cl)c1)C(=O)C(=O)NC1CC1)C(=O)N2. The molecule has 3 saturated carbocycles. The van der Waals surface area contributed by atoms with E-state index in [2.05, 4.69) is 21.3 Å². The fraction of sp³-hybridized carbons (Fsp3) is 0.714. The number of carbonyl (C=O) groups excluding carboxylic acids is 6. The minimum atomic E-state index is -1.26. The van der Waals surface area contributed by atoms with E-state index in [-0.39, 0.29) is 42.2 Å². The van der Waals surface area contributed by atoms with Crippen molar-refractivity contribution >= 4 is 47.1 Å². The smallest absolute Gasteiger partial charge is 0.408 e. The summed E-state index contributed by atoms with van der Waals surface area (Å²) in [4.78, 5) is 82.9. The van der Waals surface area contributed by atoms with E-state index in [0.29, 0.717) is 43.8 Å². The zero-order chi connectivity index (χ0) is 39.3. The number of ketones is 1. The van der Waals surface area contributed by atoms with E-state index in [1.54, 1.807) is 0 Å². The third kappa shape index (κ3) is 11.0. The number of amides is 5. The molecule has 0 bridgehead atoms. The summed E-state index contributed by atoms with van der Waals surface area (Å²) in [6.07, 6.45) is 10.9. The van der Waals surface area contributed by atoms with Gasteiger partial charge < -0.3 is 30.9 Å². The van der Waals surface area contributed by atoms with Crippen molar-refractivity contribution in [2.24, 2.45) is 23.2 Å². The van der Waals surface area contributed by atoms with Gasteiger partial charge in [0.1, 0.15) is 12.1 Å². The van der Waals surface area contributed by atoms with Crippen molar-refractivity contribution in [3.63, 3.8) is 0 Å². The highest BCUT2D eigenvalue weighted by atomic mass is 35.5. The van der Waals surface area contributed by atoms with Crippen LogP contribution in [0.1, 0.15) is 123 Å². The summed E-state index contributed by atoms with van der Waals surface area (Å²) in [6, 6.07) is 5.37. The highest BCUT2D eigenvalue weighted by molar-refractivity contribution is 6.38. The molecule has 1 aromatic carbocycles. The van der Waals surface area contributed by atoms with Gasteiger partial charge in [0.15, 0.2) is 0 Å². The summed E-state index contributed by atoms with van der Waals surface area (Å²) >= 11 is 6.22. The average Bonchev–Trinajstić information content (AvgIpc) is 3.78. The van der Waals surface area contributed by atoms with Crippen molar-refractivity contribution in [1.29, 1.82) is 0 Å². The zero-order valence-electron chi connectivity index (χ0n) is 32.8. The standard InChI is InChI=1S/C42H60ClN5O7/c1-41(2,3)39(53)48-19-17-42(18-20-48)25-29(36(50)47-42)24-32(35(49)38(52)44-31-15-16-31)45-37(51)33(23-26-9-5-4-6-10-26)46-40(54)55-34-14-8-12-28(34)21-27-11-7-13-30(43)22-27/h7,11,13,22,26,28-29,31-34H,4-6,8-10,12,14-21,23-25H2,1-3H3,(H,44,52)(H,45,51)(H,46,54)(H,47,50)/t28?,29?,32?,33-,34?/m0/s1. The predicted octanol–water partition coefficient (Wildman–Crippen LogP) is 5.38. The molecule has 5 amide bonds. The van der Waals surface area contributed by atoms with E-state index >= 15 is 0 Å². The van der Waals surface area contributed by atoms with Gasteiger partial charge in [0.2, 0.25) is 23.5 Å². The van der Waals surface area contributed by atoms with E-state index in [9.17, 15) is 28.8 Å². The first-order valence-corrected chi connectivity index (χ1v) is 21.0. The van der Waals surface area contributed by atoms with Gasteiger partial charge >= 0.3 is 6.09 Å². The summed E-state index contributed by atoms with van der Waals surface area (Å²) in [5.41, 5.74) is 0.0482. The monoisotopic (exact) mass is 781 g/mol. The molecule has 2 heterocycles. The largest absolute Gasteiger partial charge is 0.446 e. The van der Waals surface area contributed by atoms with Crippen LogP contribution in [-0.2, 0) is 35.1 Å². The van der Waals surface area contributed by atoms with Crippen molar-refractivity contribution in [3.05, 3.63) is 34.9 Å². The Bertz CT molecular complexity index is 1590. The first-order chi connectivity index (χ1) is 26.2. The minimum Gasteiger partial charge on any atom is -0.446 e. The molecule has 0 aromatic heterocycles. The molecule has 4 unspecified atom stereocenters. The highest BCUT2D eigenvalue weighted by Gasteiger charge is 2.48. The van der Waals surface area contributed by atoms with Crippen molar-refractivity contribution in [2.45, 2.75) is 153 Å². The van der Waals surface area contributed by atoms with Crippen LogP contribution in [0.25, 0.3) is 0 Å². The molecule has 5 aliphatic rings. The molecular weight excluding hydrogens is 722 g/mol. The lowest BCUT2D eigenvalue weighted by molar-refractivity contribution is -0.141. The number of piperidine rings is 1. The summed E-state index contributed by atoms with van der Waals surface area (Å²) in [5.74, 6) is -2.60. The number of ether oxygens (including phenoxy) is 1. The van der Waals surface area contributed by atoms with Crippen LogP contribution in [0.2, 0.25) is 5.02 Å². The number of Topliss-reactive ketones (excluding diaryl/α,β-unsaturated/α-hetero) is 1. The quantitative estimate of drug-likeness (QED) is 0.195. The van der Waals surface area contributed by atoms with E-state index in [1.807, 2.05) is 49.9 Å². The van der Waals surface area contributed by atoms with Crippen LogP contribution in [0, 0.1) is 23.2 Å². The molecule has 13 heteroatoms. The summed E-state index contributed by atoms with van der Waals surface area (Å²) < 4.78 is 5.99. The third-order valence-corrected chi connectivity index (χ3v) is 12.7. The normalized spacial score (nSPS) is 25.1. The summed E-state index contributed by atoms with van der Waals surface area (Å²) in [7, 11) is 0. The Kier molecular flexibility index (Phi) is 13.1. The highest BCUT2D eigenvalue weighted by Crippen LogP contribution is 2.38. The lowest BCUT2D eigenvalue weighted by atomic mass is 9.81. The maximum atomic E-state index is 14.2. The lowest BCUT2D eigenvalue weighted by Crippen LogP contribution is -2.55. The van der Waals surface area contributed by atoms with Gasteiger partial charge in [0, 0.05) is 46.9 Å². The number of nitrogens with one attached hydrogen (secondary N) is 4. The molecule has 4 N–H and O–H groups in total. The Morgan fingerprint density at radius 3 is 2.33 bits per heavy atom. The maximum absolute atomic E-state index is 14.2. The van der Waals surface area contributed by atoms with Crippen molar-refractivity contribution in [3.8, 4) is 0 Å². The Morgan fingerprint density at radius 2 is 1.65 bits per heavy atom. The lowest BCUT2D eigenvalue weighted by Gasteiger charge is -2.41. The predicted molar refractivity (Wildman–Crippen MR) is 208 cm³/mol. The molecule has 0 radical (unpaired) electrons. The molecule has 2 saturated heterocycles. The van der Waals surface area contributed by atoms with Crippen LogP contribution in [-0.4, -0.2) is 83.3 Å². The fourth-order valence-corrected chi connectivity index (χ4v) is 9.41. The molecule has 302 valence electrons. The van der Waals surface area contributed by atoms with Crippen LogP contribution in [0.3, 0.4) is 0 Å². The van der Waals surface area contributed by atoms with Gasteiger partial charge in [-0.15, -0.1) is 0 Å². The van der Waals surface area contributed by atoms with Gasteiger partial charge in [0.05, 0.1) is 6.04 Å². The van der Waals surface area contributed by atoms with Crippen LogP contribution < -0.4 is 21.3 Å². The molecule has 1 aromatic rings. The summed E-state index contributed by atoms with van der Waals surface area (Å²) in [6.45, 7) is 6.71. The van der Waals surface area contributed by atoms with Gasteiger partial charge in [-0.25, -0.2) is 4.79 Å². The molecule has 5 fully saturated rings. The van der Waals surface area contributed by atoms with Crippen LogP contribution >= 0.6 is 11.6 Å². The first kappa shape index (κ1) is 41.0. The number of likely N-dealkylation sites (tertiary alicyclic amines) is 1. The number of halogens is 1. The number of alkyl carbamates (subject to hydrolysis) is 1. The second kappa shape index (κ2) is 17.6. The molecule has 6 rings (SSSR count). The van der Waals surface area contributed by atoms with E-state index in [4.69, 9.17) is 16.3 Å². The third-order valence-electron chi connectivity index (χ3n) is 12.5. The number of carbonyl (C=O) groups is 6. The number of hydrogen-bond acceptors (Lipinski definition) is 7. The van der Waals surface area contributed by atoms with E-state index < -0.39 is 52.6 Å². The zero-order valence-corrected chi connectivity index (χ0v) is 33.5. The molecular formula is C42H60ClN5O7. The molecule has 55 heavy (non-hydrogen) atoms. The van der Waals surface area contributed by atoms with E-state index in [1.165, 1.54) is 0 Å². The maximum Gasteiger partial charge on any atom is 0.408 e. The van der Waals surface area contributed by atoms with Gasteiger partial charge in [0.25, 0.3) is 5.91 Å². The van der Waals surface area contributed by atoms with Crippen molar-refractivity contribution < 1.29 is 33.5 Å². The van der Waals surface area contributed by atoms with Gasteiger partial charge in [-0.3, -0.25) is 24.0 Å². The van der Waals surface area contributed by atoms with Gasteiger partial charge in [-0.05, 0) is 94.2 Å². The molecule has 3 aliphatic carbocycles. The fourth-order valence-electron chi connectivity index (χ4n) is 9.20. The van der Waals surface area contributed by atoms with E-state index in [0.717, 1.165) is 76.2 Å². The number of benzene rings is 1. The Labute approximate surface area is 330 Å². The van der Waals surface area contributed by atoms with Crippen LogP contribution in [0.5, 0.6) is 0 Å². The van der Waals surface area contributed by atoms with Gasteiger partial charge in [-0.1, -0.05) is 76.6 Å². The second-order valence-electron chi connectivity index (χ2n) is 18.0. The Morgan fingerprint density at radius 1 is 0.927 bits per heavy atom. The summed E-state index contributed by atoms with van der Waals surface area (Å²) in [5, 5.41) is 12.3. The van der Waals surface area contributed by atoms with Crippen LogP contribution in [0.15, 0.2) is 24.3 Å². The molecule has 12 nitrogen and oxygen atoms in total. The van der Waals surface area contributed by atoms with Gasteiger partial charge in [-0.2, -0.15) is 0 Å². The molecule has 2 aliphatic heterocycles.